The molecule has 0 radical (unpaired) electrons. The monoisotopic (exact) mass is 362 g/mol. The molecule has 0 aliphatic heterocycles. The predicted molar refractivity (Wildman–Crippen MR) is 99.0 cm³/mol. The highest BCUT2D eigenvalue weighted by molar-refractivity contribution is 6.30. The van der Waals surface area contributed by atoms with Gasteiger partial charge >= 0.3 is 0 Å². The van der Waals surface area contributed by atoms with Crippen LogP contribution in [0.4, 0.5) is 0 Å². The number of carbonyl (C=O) groups is 1. The Labute approximate surface area is 153 Å². The van der Waals surface area contributed by atoms with Gasteiger partial charge in [0, 0.05) is 24.0 Å². The molecule has 1 atom stereocenters. The molecule has 0 bridgehead atoms. The molecule has 0 aliphatic rings. The summed E-state index contributed by atoms with van der Waals surface area (Å²) in [6.07, 6.45) is 0.328. The number of rotatable bonds is 9. The number of nitrogens with one attached hydrogen (secondary N) is 1. The second kappa shape index (κ2) is 9.91. The number of hydrogen-bond donors (Lipinski definition) is 2. The van der Waals surface area contributed by atoms with E-state index in [1.807, 2.05) is 43.3 Å². The number of hydrogen-bond acceptors (Lipinski definition) is 4. The molecule has 5 nitrogen and oxygen atoms in total. The van der Waals surface area contributed by atoms with Crippen molar-refractivity contribution in [3.63, 3.8) is 0 Å². The van der Waals surface area contributed by atoms with Crippen LogP contribution < -0.4 is 20.5 Å². The first kappa shape index (κ1) is 19.1. The molecule has 0 saturated carbocycles. The fourth-order valence-corrected chi connectivity index (χ4v) is 2.24. The van der Waals surface area contributed by atoms with Crippen LogP contribution in [0.3, 0.4) is 0 Å². The fraction of sp³-hybridized carbons (Fsp3) is 0.316. The van der Waals surface area contributed by atoms with Gasteiger partial charge in [-0.3, -0.25) is 4.79 Å². The standard InChI is InChI=1S/C19H23ClN2O3/c1-14(21)12-19(23)22-13-15-2-6-17(7-3-15)24-10-11-25-18-8-4-16(20)5-9-18/h2-9,14H,10-13,21H2,1H3,(H,22,23). The molecule has 134 valence electrons. The maximum absolute atomic E-state index is 11.6. The summed E-state index contributed by atoms with van der Waals surface area (Å²) in [6.45, 7) is 3.16. The SMILES string of the molecule is CC(N)CC(=O)NCc1ccc(OCCOc2ccc(Cl)cc2)cc1. The molecule has 0 fully saturated rings. The Morgan fingerprint density at radius 3 is 2.08 bits per heavy atom. The van der Waals surface area contributed by atoms with Gasteiger partial charge in [0.15, 0.2) is 0 Å². The highest BCUT2D eigenvalue weighted by Crippen LogP contribution is 2.16. The fourth-order valence-electron chi connectivity index (χ4n) is 2.12. The quantitative estimate of drug-likeness (QED) is 0.672. The summed E-state index contributed by atoms with van der Waals surface area (Å²) in [4.78, 5) is 11.6. The molecule has 1 unspecified atom stereocenters. The van der Waals surface area contributed by atoms with Gasteiger partial charge in [-0.1, -0.05) is 23.7 Å². The summed E-state index contributed by atoms with van der Waals surface area (Å²) in [5.41, 5.74) is 6.59. The summed E-state index contributed by atoms with van der Waals surface area (Å²) >= 11 is 5.82. The first-order valence-corrected chi connectivity index (χ1v) is 8.53. The van der Waals surface area contributed by atoms with Crippen molar-refractivity contribution in [2.45, 2.75) is 25.9 Å². The van der Waals surface area contributed by atoms with E-state index < -0.39 is 0 Å². The average Bonchev–Trinajstić information content (AvgIpc) is 2.59. The van der Waals surface area contributed by atoms with Crippen molar-refractivity contribution in [1.82, 2.24) is 5.32 Å². The van der Waals surface area contributed by atoms with Crippen LogP contribution in [0.5, 0.6) is 11.5 Å². The summed E-state index contributed by atoms with van der Waals surface area (Å²) in [5.74, 6) is 1.46. The van der Waals surface area contributed by atoms with Crippen LogP contribution in [0.25, 0.3) is 0 Å². The van der Waals surface area contributed by atoms with E-state index in [0.717, 1.165) is 17.1 Å². The summed E-state index contributed by atoms with van der Waals surface area (Å²) < 4.78 is 11.2. The summed E-state index contributed by atoms with van der Waals surface area (Å²) in [7, 11) is 0. The summed E-state index contributed by atoms with van der Waals surface area (Å²) in [6, 6.07) is 14.6. The van der Waals surface area contributed by atoms with E-state index in [1.165, 1.54) is 0 Å². The van der Waals surface area contributed by atoms with Crippen LogP contribution in [-0.2, 0) is 11.3 Å². The van der Waals surface area contributed by atoms with Gasteiger partial charge < -0.3 is 20.5 Å². The zero-order chi connectivity index (χ0) is 18.1. The van der Waals surface area contributed by atoms with Gasteiger partial charge in [0.2, 0.25) is 5.91 Å². The van der Waals surface area contributed by atoms with E-state index >= 15 is 0 Å². The lowest BCUT2D eigenvalue weighted by Crippen LogP contribution is -2.29. The number of halogens is 1. The number of nitrogens with two attached hydrogens (primary N) is 1. The molecular formula is C19H23ClN2O3. The van der Waals surface area contributed by atoms with E-state index in [9.17, 15) is 4.79 Å². The zero-order valence-electron chi connectivity index (χ0n) is 14.2. The van der Waals surface area contributed by atoms with E-state index in [-0.39, 0.29) is 11.9 Å². The maximum Gasteiger partial charge on any atom is 0.221 e. The Morgan fingerprint density at radius 1 is 1.04 bits per heavy atom. The van der Waals surface area contributed by atoms with Crippen molar-refractivity contribution < 1.29 is 14.3 Å². The van der Waals surface area contributed by atoms with Crippen molar-refractivity contribution >= 4 is 17.5 Å². The molecule has 3 N–H and O–H groups in total. The van der Waals surface area contributed by atoms with Crippen LogP contribution in [0, 0.1) is 0 Å². The van der Waals surface area contributed by atoms with E-state index in [4.69, 9.17) is 26.8 Å². The molecule has 6 heteroatoms. The topological polar surface area (TPSA) is 73.6 Å². The first-order chi connectivity index (χ1) is 12.0. The van der Waals surface area contributed by atoms with Crippen LogP contribution in [0.2, 0.25) is 5.02 Å². The molecular weight excluding hydrogens is 340 g/mol. The minimum atomic E-state index is -0.133. The second-order valence-electron chi connectivity index (χ2n) is 5.75. The molecule has 2 rings (SSSR count). The van der Waals surface area contributed by atoms with Gasteiger partial charge in [0.05, 0.1) is 0 Å². The third-order valence-electron chi connectivity index (χ3n) is 3.35. The predicted octanol–water partition coefficient (Wildman–Crippen LogP) is 3.15. The highest BCUT2D eigenvalue weighted by atomic mass is 35.5. The lowest BCUT2D eigenvalue weighted by atomic mass is 10.2. The largest absolute Gasteiger partial charge is 0.490 e. The Balaban J connectivity index is 1.67. The Morgan fingerprint density at radius 2 is 1.56 bits per heavy atom. The smallest absolute Gasteiger partial charge is 0.221 e. The van der Waals surface area contributed by atoms with Crippen LogP contribution in [0.1, 0.15) is 18.9 Å². The third-order valence-corrected chi connectivity index (χ3v) is 3.61. The van der Waals surface area contributed by atoms with Gasteiger partial charge in [0.25, 0.3) is 0 Å². The second-order valence-corrected chi connectivity index (χ2v) is 6.19. The maximum atomic E-state index is 11.6. The first-order valence-electron chi connectivity index (χ1n) is 8.15. The minimum absolute atomic E-state index is 0.0466. The van der Waals surface area contributed by atoms with Gasteiger partial charge in [-0.2, -0.15) is 0 Å². The van der Waals surface area contributed by atoms with Crippen molar-refractivity contribution in [3.05, 3.63) is 59.1 Å². The lowest BCUT2D eigenvalue weighted by molar-refractivity contribution is -0.121. The number of ether oxygens (including phenoxy) is 2. The van der Waals surface area contributed by atoms with Crippen LogP contribution >= 0.6 is 11.6 Å². The summed E-state index contributed by atoms with van der Waals surface area (Å²) in [5, 5.41) is 3.51. The van der Waals surface area contributed by atoms with Crippen molar-refractivity contribution in [2.24, 2.45) is 5.73 Å². The molecule has 2 aromatic rings. The molecule has 0 heterocycles. The van der Waals surface area contributed by atoms with Gasteiger partial charge in [0.1, 0.15) is 24.7 Å². The van der Waals surface area contributed by atoms with Crippen molar-refractivity contribution in [2.75, 3.05) is 13.2 Å². The van der Waals surface area contributed by atoms with Crippen LogP contribution in [-0.4, -0.2) is 25.2 Å². The van der Waals surface area contributed by atoms with Crippen molar-refractivity contribution in [3.8, 4) is 11.5 Å². The third kappa shape index (κ3) is 7.45. The number of benzene rings is 2. The molecule has 1 amide bonds. The Bertz CT molecular complexity index is 657. The minimum Gasteiger partial charge on any atom is -0.490 e. The Kier molecular flexibility index (Phi) is 7.57. The normalized spacial score (nSPS) is 11.6. The number of amides is 1. The zero-order valence-corrected chi connectivity index (χ0v) is 15.0. The molecule has 25 heavy (non-hydrogen) atoms. The Hall–Kier alpha value is -2.24. The highest BCUT2D eigenvalue weighted by Gasteiger charge is 2.04. The van der Waals surface area contributed by atoms with E-state index in [2.05, 4.69) is 5.32 Å². The molecule has 2 aromatic carbocycles. The van der Waals surface area contributed by atoms with E-state index in [1.54, 1.807) is 12.1 Å². The number of carbonyl (C=O) groups excluding carboxylic acids is 1. The van der Waals surface area contributed by atoms with Gasteiger partial charge in [-0.05, 0) is 48.9 Å². The van der Waals surface area contributed by atoms with Crippen LogP contribution in [0.15, 0.2) is 48.5 Å². The molecule has 0 aromatic heterocycles. The molecule has 0 spiro atoms. The molecule has 0 saturated heterocycles. The molecule has 0 aliphatic carbocycles. The average molecular weight is 363 g/mol. The van der Waals surface area contributed by atoms with Gasteiger partial charge in [-0.15, -0.1) is 0 Å². The lowest BCUT2D eigenvalue weighted by Gasteiger charge is -2.10. The van der Waals surface area contributed by atoms with Gasteiger partial charge in [-0.25, -0.2) is 0 Å². The van der Waals surface area contributed by atoms with Crippen molar-refractivity contribution in [1.29, 1.82) is 0 Å². The van der Waals surface area contributed by atoms with E-state index in [0.29, 0.717) is 31.2 Å².